The molecule has 0 heterocycles. The number of carbonyl (C=O) groups excluding carboxylic acids is 1. The Morgan fingerprint density at radius 2 is 1.41 bits per heavy atom. The van der Waals surface area contributed by atoms with Gasteiger partial charge in [0.1, 0.15) is 6.10 Å². The van der Waals surface area contributed by atoms with Gasteiger partial charge in [0.2, 0.25) is 0 Å². The van der Waals surface area contributed by atoms with Crippen molar-refractivity contribution in [1.82, 2.24) is 0 Å². The summed E-state index contributed by atoms with van der Waals surface area (Å²) in [4.78, 5) is 23.2. The van der Waals surface area contributed by atoms with Gasteiger partial charge in [-0.25, -0.2) is 0 Å². The van der Waals surface area contributed by atoms with Gasteiger partial charge in [-0.15, -0.1) is 0 Å². The van der Waals surface area contributed by atoms with Crippen LogP contribution in [0.3, 0.4) is 0 Å². The fourth-order valence-corrected chi connectivity index (χ4v) is 3.70. The Hall–Kier alpha value is -3.35. The van der Waals surface area contributed by atoms with Crippen LogP contribution in [0, 0.1) is 10.1 Å². The van der Waals surface area contributed by atoms with E-state index in [1.807, 2.05) is 36.5 Å². The van der Waals surface area contributed by atoms with E-state index in [1.165, 1.54) is 64.9 Å². The normalized spacial score (nSPS) is 12.6. The zero-order valence-electron chi connectivity index (χ0n) is 22.8. The van der Waals surface area contributed by atoms with Crippen molar-refractivity contribution in [3.8, 4) is 11.5 Å². The van der Waals surface area contributed by atoms with Crippen LogP contribution in [0.15, 0.2) is 60.7 Å². The molecule has 0 unspecified atom stereocenters. The molecular formula is C30H43NO6. The Morgan fingerprint density at radius 1 is 0.865 bits per heavy atom. The third-order valence-electron chi connectivity index (χ3n) is 5.78. The first kappa shape index (κ1) is 31.7. The molecule has 7 heteroatoms. The summed E-state index contributed by atoms with van der Waals surface area (Å²) in [6, 6.07) is 2.75. The average Bonchev–Trinajstić information content (AvgIpc) is 2.89. The lowest BCUT2D eigenvalue weighted by Crippen LogP contribution is -2.11. The highest BCUT2D eigenvalue weighted by atomic mass is 16.6. The zero-order valence-corrected chi connectivity index (χ0v) is 22.8. The second-order valence-electron chi connectivity index (χ2n) is 8.73. The molecule has 1 aromatic carbocycles. The van der Waals surface area contributed by atoms with Crippen molar-refractivity contribution in [2.24, 2.45) is 0 Å². The number of hydrogen-bond acceptors (Lipinski definition) is 6. The smallest absolute Gasteiger partial charge is 0.306 e. The third kappa shape index (κ3) is 13.5. The number of methoxy groups -OCH3 is 2. The summed E-state index contributed by atoms with van der Waals surface area (Å²) in [5, 5.41) is 11.5. The molecule has 0 aliphatic rings. The lowest BCUT2D eigenvalue weighted by atomic mass is 10.1. The van der Waals surface area contributed by atoms with Crippen LogP contribution in [0.5, 0.6) is 11.5 Å². The van der Waals surface area contributed by atoms with Crippen molar-refractivity contribution >= 4 is 11.7 Å². The number of unbranched alkanes of at least 4 members (excludes halogenated alkanes) is 7. The number of nitro benzene ring substituents is 1. The van der Waals surface area contributed by atoms with Gasteiger partial charge >= 0.3 is 5.97 Å². The summed E-state index contributed by atoms with van der Waals surface area (Å²) in [6.07, 6.45) is 26.0. The first-order valence-corrected chi connectivity index (χ1v) is 13.2. The Morgan fingerprint density at radius 3 is 2.00 bits per heavy atom. The lowest BCUT2D eigenvalue weighted by Gasteiger charge is -2.16. The van der Waals surface area contributed by atoms with Gasteiger partial charge in [-0.3, -0.25) is 14.9 Å². The standard InChI is InChI=1S/C30H43NO6/c1-5-6-7-8-9-10-11-12-13-14-15-16-17-18-19-20-21-22-30(32)37-25(2)26-23-28(35-3)29(36-4)24-27(26)31(33)34/h12-19,23-25H,5-11,20-22H2,1-4H3/b13-12+,15-14+,17-16+,19-18-/t25-/m1/s1. The molecule has 0 bridgehead atoms. The van der Waals surface area contributed by atoms with Gasteiger partial charge in [-0.05, 0) is 38.7 Å². The molecule has 0 fully saturated rings. The quantitative estimate of drug-likeness (QED) is 0.0607. The predicted octanol–water partition coefficient (Wildman–Crippen LogP) is 8.36. The van der Waals surface area contributed by atoms with E-state index in [0.29, 0.717) is 12.2 Å². The van der Waals surface area contributed by atoms with E-state index in [-0.39, 0.29) is 23.4 Å². The molecule has 1 rings (SSSR count). The SMILES string of the molecule is CCCCCCCC/C=C/C=C/C=C/C=C\CCCC(=O)O[C@H](C)c1cc(OC)c(OC)cc1[N+](=O)[O-]. The number of carbonyl (C=O) groups is 1. The maximum absolute atomic E-state index is 12.2. The zero-order chi connectivity index (χ0) is 27.3. The van der Waals surface area contributed by atoms with Crippen LogP contribution >= 0.6 is 0 Å². The van der Waals surface area contributed by atoms with Crippen LogP contribution in [-0.2, 0) is 9.53 Å². The monoisotopic (exact) mass is 513 g/mol. The molecule has 0 amide bonds. The van der Waals surface area contributed by atoms with Crippen molar-refractivity contribution in [3.63, 3.8) is 0 Å². The van der Waals surface area contributed by atoms with Crippen LogP contribution in [0.1, 0.15) is 89.7 Å². The highest BCUT2D eigenvalue weighted by Crippen LogP contribution is 2.38. The minimum Gasteiger partial charge on any atom is -0.493 e. The van der Waals surface area contributed by atoms with E-state index < -0.39 is 17.0 Å². The van der Waals surface area contributed by atoms with Crippen molar-refractivity contribution in [2.75, 3.05) is 14.2 Å². The molecule has 0 radical (unpaired) electrons. The molecule has 0 saturated carbocycles. The molecule has 1 atom stereocenters. The fraction of sp³-hybridized carbons (Fsp3) is 0.500. The minimum absolute atomic E-state index is 0.185. The van der Waals surface area contributed by atoms with E-state index in [4.69, 9.17) is 14.2 Å². The van der Waals surface area contributed by atoms with Gasteiger partial charge in [0.05, 0.1) is 30.8 Å². The van der Waals surface area contributed by atoms with Gasteiger partial charge < -0.3 is 14.2 Å². The number of hydrogen-bond donors (Lipinski definition) is 0. The van der Waals surface area contributed by atoms with Crippen molar-refractivity contribution in [1.29, 1.82) is 0 Å². The molecule has 7 nitrogen and oxygen atoms in total. The molecule has 0 aliphatic carbocycles. The Labute approximate surface area is 222 Å². The molecule has 0 spiro atoms. The molecule has 37 heavy (non-hydrogen) atoms. The largest absolute Gasteiger partial charge is 0.493 e. The topological polar surface area (TPSA) is 87.9 Å². The maximum Gasteiger partial charge on any atom is 0.306 e. The van der Waals surface area contributed by atoms with Gasteiger partial charge in [0.25, 0.3) is 5.69 Å². The van der Waals surface area contributed by atoms with Crippen LogP contribution in [-0.4, -0.2) is 25.1 Å². The van der Waals surface area contributed by atoms with Crippen molar-refractivity contribution < 1.29 is 23.9 Å². The van der Waals surface area contributed by atoms with E-state index in [1.54, 1.807) is 6.92 Å². The highest BCUT2D eigenvalue weighted by Gasteiger charge is 2.25. The Kier molecular flexibility index (Phi) is 16.9. The summed E-state index contributed by atoms with van der Waals surface area (Å²) in [7, 11) is 2.85. The van der Waals surface area contributed by atoms with Gasteiger partial charge in [0.15, 0.2) is 11.5 Å². The first-order chi connectivity index (χ1) is 17.9. The summed E-state index contributed by atoms with van der Waals surface area (Å²) in [5.74, 6) is 0.173. The molecule has 0 aromatic heterocycles. The summed E-state index contributed by atoms with van der Waals surface area (Å²) < 4.78 is 15.8. The molecule has 0 aliphatic heterocycles. The maximum atomic E-state index is 12.2. The number of rotatable bonds is 19. The number of esters is 1. The second kappa shape index (κ2) is 19.8. The van der Waals surface area contributed by atoms with Crippen molar-refractivity contribution in [3.05, 3.63) is 76.4 Å². The Bertz CT molecular complexity index is 932. The average molecular weight is 514 g/mol. The summed E-state index contributed by atoms with van der Waals surface area (Å²) in [6.45, 7) is 3.84. The van der Waals surface area contributed by atoms with E-state index in [9.17, 15) is 14.9 Å². The minimum atomic E-state index is -0.794. The first-order valence-electron chi connectivity index (χ1n) is 13.2. The fourth-order valence-electron chi connectivity index (χ4n) is 3.70. The predicted molar refractivity (Wildman–Crippen MR) is 149 cm³/mol. The van der Waals surface area contributed by atoms with E-state index in [2.05, 4.69) is 19.1 Å². The van der Waals surface area contributed by atoms with Gasteiger partial charge in [-0.1, -0.05) is 87.6 Å². The lowest BCUT2D eigenvalue weighted by molar-refractivity contribution is -0.386. The van der Waals surface area contributed by atoms with Crippen LogP contribution in [0.2, 0.25) is 0 Å². The number of nitrogens with zero attached hydrogens (tertiary/aromatic N) is 1. The highest BCUT2D eigenvalue weighted by molar-refractivity contribution is 5.70. The summed E-state index contributed by atoms with van der Waals surface area (Å²) >= 11 is 0. The number of benzene rings is 1. The molecule has 0 saturated heterocycles. The second-order valence-corrected chi connectivity index (χ2v) is 8.73. The molecular weight excluding hydrogens is 470 g/mol. The van der Waals surface area contributed by atoms with E-state index in [0.717, 1.165) is 12.8 Å². The number of ether oxygens (including phenoxy) is 3. The molecule has 1 aromatic rings. The van der Waals surface area contributed by atoms with Gasteiger partial charge in [-0.2, -0.15) is 0 Å². The van der Waals surface area contributed by atoms with Crippen molar-refractivity contribution in [2.45, 2.75) is 84.2 Å². The van der Waals surface area contributed by atoms with Crippen LogP contribution < -0.4 is 9.47 Å². The van der Waals surface area contributed by atoms with E-state index >= 15 is 0 Å². The van der Waals surface area contributed by atoms with Crippen LogP contribution in [0.25, 0.3) is 0 Å². The number of allylic oxidation sites excluding steroid dienone is 8. The Balaban J connectivity index is 2.33. The van der Waals surface area contributed by atoms with Crippen LogP contribution in [0.4, 0.5) is 5.69 Å². The molecule has 204 valence electrons. The summed E-state index contributed by atoms with van der Waals surface area (Å²) in [5.41, 5.74) is 0.0707. The number of nitro groups is 1. The third-order valence-corrected chi connectivity index (χ3v) is 5.78. The van der Waals surface area contributed by atoms with Gasteiger partial charge in [0, 0.05) is 6.42 Å². The molecule has 0 N–H and O–H groups in total.